The summed E-state index contributed by atoms with van der Waals surface area (Å²) in [5, 5.41) is 0. The van der Waals surface area contributed by atoms with Crippen LogP contribution < -0.4 is 5.73 Å². The summed E-state index contributed by atoms with van der Waals surface area (Å²) in [5.41, 5.74) is 4.96. The highest BCUT2D eigenvalue weighted by Gasteiger charge is 1.78. The van der Waals surface area contributed by atoms with Gasteiger partial charge in [-0.05, 0) is 10.3 Å². The highest BCUT2D eigenvalue weighted by Crippen LogP contribution is 1.83. The number of ether oxygens (including phenoxy) is 1. The van der Waals surface area contributed by atoms with Gasteiger partial charge in [0.1, 0.15) is 0 Å². The van der Waals surface area contributed by atoms with Crippen LogP contribution in [0.15, 0.2) is 0 Å². The first-order valence-corrected chi connectivity index (χ1v) is 4.75. The minimum Gasteiger partial charge on any atom is -0.468 e. The Labute approximate surface area is 87.2 Å². The molecule has 0 aromatic carbocycles. The monoisotopic (exact) mass is 283 g/mol. The van der Waals surface area contributed by atoms with Crippen molar-refractivity contribution in [3.05, 3.63) is 0 Å². The minimum atomic E-state index is 0.475. The second-order valence-electron chi connectivity index (χ2n) is 1.80. The second-order valence-corrected chi connectivity index (χ2v) is 2.34. The quantitative estimate of drug-likeness (QED) is 0.366. The summed E-state index contributed by atoms with van der Waals surface area (Å²) < 4.78 is 7.01. The van der Waals surface area contributed by atoms with Crippen LogP contribution in [0.4, 0.5) is 0 Å². The Kier molecular flexibility index (Phi) is 20.2. The summed E-state index contributed by atoms with van der Waals surface area (Å²) in [7, 11) is 0. The number of halogens is 1. The zero-order chi connectivity index (χ0) is 9.66. The van der Waals surface area contributed by atoms with Gasteiger partial charge in [0.25, 0.3) is 6.47 Å². The maximum atomic E-state index is 9.46. The summed E-state index contributed by atoms with van der Waals surface area (Å²) in [4.78, 5) is 9.46. The van der Waals surface area contributed by atoms with Crippen molar-refractivity contribution in [3.8, 4) is 9.85 Å². The standard InChI is InChI=1S/C5H10O2.C3H4IN/c1-2-3-4-7-5-6;4-2-1-3-5/h5H,2-4H2,1H3;3,5H2. The van der Waals surface area contributed by atoms with Gasteiger partial charge < -0.3 is 10.5 Å². The lowest BCUT2D eigenvalue weighted by Crippen LogP contribution is -1.91. The van der Waals surface area contributed by atoms with Crippen molar-refractivity contribution in [3.63, 3.8) is 0 Å². The van der Waals surface area contributed by atoms with Crippen molar-refractivity contribution in [1.29, 1.82) is 0 Å². The molecule has 0 aliphatic heterocycles. The summed E-state index contributed by atoms with van der Waals surface area (Å²) in [6.45, 7) is 3.58. The van der Waals surface area contributed by atoms with Gasteiger partial charge in [-0.2, -0.15) is 0 Å². The molecule has 0 fully saturated rings. The first-order chi connectivity index (χ1) is 5.83. The van der Waals surface area contributed by atoms with E-state index in [1.165, 1.54) is 0 Å². The topological polar surface area (TPSA) is 52.3 Å². The zero-order valence-corrected chi connectivity index (χ0v) is 9.34. The normalized spacial score (nSPS) is 6.92. The lowest BCUT2D eigenvalue weighted by atomic mass is 10.4. The molecule has 0 spiro atoms. The maximum Gasteiger partial charge on any atom is 0.293 e. The van der Waals surface area contributed by atoms with Crippen LogP contribution >= 0.6 is 22.6 Å². The van der Waals surface area contributed by atoms with Crippen LogP contribution in [0.2, 0.25) is 0 Å². The average Bonchev–Trinajstić information content (AvgIpc) is 2.08. The Morgan fingerprint density at radius 3 is 2.58 bits per heavy atom. The van der Waals surface area contributed by atoms with Gasteiger partial charge in [-0.25, -0.2) is 0 Å². The molecule has 3 nitrogen and oxygen atoms in total. The third kappa shape index (κ3) is 22.6. The first kappa shape index (κ1) is 14.3. The molecule has 0 rings (SSSR count). The lowest BCUT2D eigenvalue weighted by molar-refractivity contribution is -0.128. The van der Waals surface area contributed by atoms with E-state index in [1.54, 1.807) is 0 Å². The van der Waals surface area contributed by atoms with Gasteiger partial charge >= 0.3 is 0 Å². The predicted octanol–water partition coefficient (Wildman–Crippen LogP) is 1.30. The van der Waals surface area contributed by atoms with E-state index in [0.717, 1.165) is 12.8 Å². The molecule has 0 bridgehead atoms. The lowest BCUT2D eigenvalue weighted by Gasteiger charge is -1.90. The van der Waals surface area contributed by atoms with E-state index in [0.29, 0.717) is 19.6 Å². The third-order valence-corrected chi connectivity index (χ3v) is 1.23. The van der Waals surface area contributed by atoms with E-state index in [9.17, 15) is 4.79 Å². The van der Waals surface area contributed by atoms with Crippen LogP contribution in [0.5, 0.6) is 0 Å². The minimum absolute atomic E-state index is 0.475. The van der Waals surface area contributed by atoms with Crippen LogP contribution in [0.3, 0.4) is 0 Å². The smallest absolute Gasteiger partial charge is 0.293 e. The summed E-state index contributed by atoms with van der Waals surface area (Å²) in [6.07, 6.45) is 2.05. The second kappa shape index (κ2) is 17.0. The molecule has 0 aliphatic carbocycles. The molecule has 2 N–H and O–H groups in total. The Balaban J connectivity index is 0. The van der Waals surface area contributed by atoms with Crippen LogP contribution in [-0.4, -0.2) is 19.6 Å². The highest BCUT2D eigenvalue weighted by atomic mass is 127. The molecule has 0 unspecified atom stereocenters. The van der Waals surface area contributed by atoms with Crippen LogP contribution in [0, 0.1) is 9.85 Å². The molecule has 0 aromatic rings. The fourth-order valence-electron chi connectivity index (χ4n) is 0.314. The average molecular weight is 283 g/mol. The number of rotatable bonds is 4. The molecule has 12 heavy (non-hydrogen) atoms. The molecule has 0 saturated carbocycles. The fraction of sp³-hybridized carbons (Fsp3) is 0.625. The summed E-state index contributed by atoms with van der Waals surface area (Å²) in [5.74, 6) is 2.63. The van der Waals surface area contributed by atoms with E-state index < -0.39 is 0 Å². The van der Waals surface area contributed by atoms with Gasteiger partial charge in [-0.1, -0.05) is 19.3 Å². The molecule has 0 aromatic heterocycles. The van der Waals surface area contributed by atoms with E-state index in [-0.39, 0.29) is 0 Å². The van der Waals surface area contributed by atoms with Crippen molar-refractivity contribution >= 4 is 29.1 Å². The van der Waals surface area contributed by atoms with Crippen LogP contribution in [-0.2, 0) is 9.53 Å². The van der Waals surface area contributed by atoms with Crippen molar-refractivity contribution in [2.24, 2.45) is 5.73 Å². The third-order valence-electron chi connectivity index (χ3n) is 0.853. The zero-order valence-electron chi connectivity index (χ0n) is 7.18. The molecular formula is C8H14INO2. The molecule has 0 atom stereocenters. The number of carbonyl (C=O) groups excluding carboxylic acids is 1. The fourth-order valence-corrected chi connectivity index (χ4v) is 0.535. The van der Waals surface area contributed by atoms with Crippen molar-refractivity contribution < 1.29 is 9.53 Å². The van der Waals surface area contributed by atoms with Crippen LogP contribution in [0.25, 0.3) is 0 Å². The maximum absolute atomic E-state index is 9.46. The number of hydrogen-bond acceptors (Lipinski definition) is 3. The van der Waals surface area contributed by atoms with E-state index >= 15 is 0 Å². The van der Waals surface area contributed by atoms with Gasteiger partial charge in [0, 0.05) is 22.6 Å². The molecule has 70 valence electrons. The Hall–Kier alpha value is -0.280. The van der Waals surface area contributed by atoms with E-state index in [1.807, 2.05) is 29.5 Å². The molecular weight excluding hydrogens is 269 g/mol. The number of unbranched alkanes of at least 4 members (excludes halogenated alkanes) is 1. The first-order valence-electron chi connectivity index (χ1n) is 3.67. The summed E-state index contributed by atoms with van der Waals surface area (Å²) >= 11 is 1.95. The molecule has 4 heteroatoms. The largest absolute Gasteiger partial charge is 0.468 e. The van der Waals surface area contributed by atoms with Gasteiger partial charge in [0.2, 0.25) is 0 Å². The Morgan fingerprint density at radius 2 is 2.33 bits per heavy atom. The highest BCUT2D eigenvalue weighted by molar-refractivity contribution is 14.1. The van der Waals surface area contributed by atoms with E-state index in [4.69, 9.17) is 5.73 Å². The van der Waals surface area contributed by atoms with Gasteiger partial charge in [0.15, 0.2) is 0 Å². The SMILES string of the molecule is CCCCOC=O.NCC#CI. The molecule has 0 radical (unpaired) electrons. The number of hydrogen-bond donors (Lipinski definition) is 1. The van der Waals surface area contributed by atoms with Crippen molar-refractivity contribution in [1.82, 2.24) is 0 Å². The van der Waals surface area contributed by atoms with Crippen LogP contribution in [0.1, 0.15) is 19.8 Å². The number of carbonyl (C=O) groups is 1. The van der Waals surface area contributed by atoms with Crippen molar-refractivity contribution in [2.75, 3.05) is 13.2 Å². The number of nitrogens with two attached hydrogens (primary N) is 1. The van der Waals surface area contributed by atoms with E-state index in [2.05, 4.69) is 14.6 Å². The Morgan fingerprint density at radius 1 is 1.67 bits per heavy atom. The van der Waals surface area contributed by atoms with Gasteiger partial charge in [-0.3, -0.25) is 4.79 Å². The Bertz CT molecular complexity index is 140. The molecule has 0 saturated heterocycles. The van der Waals surface area contributed by atoms with Crippen molar-refractivity contribution in [2.45, 2.75) is 19.8 Å². The predicted molar refractivity (Wildman–Crippen MR) is 57.8 cm³/mol. The summed E-state index contributed by atoms with van der Waals surface area (Å²) in [6, 6.07) is 0. The molecule has 0 heterocycles. The van der Waals surface area contributed by atoms with Gasteiger partial charge in [-0.15, -0.1) is 0 Å². The molecule has 0 amide bonds. The molecule has 0 aliphatic rings. The van der Waals surface area contributed by atoms with Gasteiger partial charge in [0.05, 0.1) is 13.2 Å².